The van der Waals surface area contributed by atoms with E-state index < -0.39 is 18.0 Å². The van der Waals surface area contributed by atoms with Crippen molar-refractivity contribution < 1.29 is 14.7 Å². The van der Waals surface area contributed by atoms with Gasteiger partial charge < -0.3 is 20.6 Å². The van der Waals surface area contributed by atoms with Crippen LogP contribution in [0.25, 0.3) is 0 Å². The van der Waals surface area contributed by atoms with E-state index in [2.05, 4.69) is 26.5 Å². The molecule has 3 aromatic rings. The molecular formula is C26H22ClN5O3. The number of rotatable bonds is 6. The highest BCUT2D eigenvalue weighted by atomic mass is 35.5. The highest BCUT2D eigenvalue weighted by Crippen LogP contribution is 2.23. The fourth-order valence-electron chi connectivity index (χ4n) is 3.60. The Hall–Kier alpha value is -4.19. The molecule has 9 heteroatoms. The van der Waals surface area contributed by atoms with E-state index in [-0.39, 0.29) is 5.56 Å². The van der Waals surface area contributed by atoms with Gasteiger partial charge in [-0.25, -0.2) is 4.98 Å². The van der Waals surface area contributed by atoms with Crippen LogP contribution in [-0.2, 0) is 0 Å². The molecule has 1 aromatic heterocycles. The van der Waals surface area contributed by atoms with Gasteiger partial charge in [-0.15, -0.1) is 6.42 Å². The number of aliphatic hydroxyl groups is 1. The molecule has 0 saturated heterocycles. The van der Waals surface area contributed by atoms with Gasteiger partial charge in [0.1, 0.15) is 17.9 Å². The Kier molecular flexibility index (Phi) is 7.11. The smallest absolute Gasteiger partial charge is 0.258 e. The predicted octanol–water partition coefficient (Wildman–Crippen LogP) is 3.62. The maximum Gasteiger partial charge on any atom is 0.258 e. The van der Waals surface area contributed by atoms with Crippen molar-refractivity contribution in [2.24, 2.45) is 4.99 Å². The number of halogens is 1. The third-order valence-electron chi connectivity index (χ3n) is 5.38. The zero-order valence-corrected chi connectivity index (χ0v) is 19.6. The van der Waals surface area contributed by atoms with E-state index in [9.17, 15) is 14.7 Å². The highest BCUT2D eigenvalue weighted by Gasteiger charge is 2.22. The van der Waals surface area contributed by atoms with E-state index in [1.807, 2.05) is 0 Å². The Bertz CT molecular complexity index is 1330. The second-order valence-electron chi connectivity index (χ2n) is 7.78. The van der Waals surface area contributed by atoms with Crippen LogP contribution in [0, 0.1) is 12.3 Å². The van der Waals surface area contributed by atoms with Gasteiger partial charge in [-0.2, -0.15) is 0 Å². The van der Waals surface area contributed by atoms with Gasteiger partial charge in [-0.3, -0.25) is 14.6 Å². The summed E-state index contributed by atoms with van der Waals surface area (Å²) in [5.41, 5.74) is 2.25. The summed E-state index contributed by atoms with van der Waals surface area (Å²) in [7, 11) is 0. The van der Waals surface area contributed by atoms with E-state index >= 15 is 0 Å². The molecule has 0 radical (unpaired) electrons. The number of hydrogen-bond acceptors (Lipinski definition) is 6. The highest BCUT2D eigenvalue weighted by molar-refractivity contribution is 6.31. The summed E-state index contributed by atoms with van der Waals surface area (Å²) in [5.74, 6) is 2.57. The van der Waals surface area contributed by atoms with Crippen LogP contribution < -0.4 is 10.6 Å². The first-order chi connectivity index (χ1) is 16.9. The molecule has 1 aliphatic rings. The number of hydrogen-bond donors (Lipinski definition) is 3. The molecule has 1 atom stereocenters. The van der Waals surface area contributed by atoms with Gasteiger partial charge in [0.2, 0.25) is 0 Å². The fourth-order valence-corrected chi connectivity index (χ4v) is 3.77. The molecule has 176 valence electrons. The Morgan fingerprint density at radius 3 is 2.54 bits per heavy atom. The zero-order chi connectivity index (χ0) is 24.9. The van der Waals surface area contributed by atoms with Crippen molar-refractivity contribution >= 4 is 40.8 Å². The topological polar surface area (TPSA) is 107 Å². The minimum Gasteiger partial charge on any atom is -0.374 e. The number of benzene rings is 2. The van der Waals surface area contributed by atoms with Crippen LogP contribution in [0.15, 0.2) is 65.8 Å². The molecule has 2 amide bonds. The molecule has 8 nitrogen and oxygen atoms in total. The van der Waals surface area contributed by atoms with Gasteiger partial charge in [0, 0.05) is 34.5 Å². The molecule has 35 heavy (non-hydrogen) atoms. The largest absolute Gasteiger partial charge is 0.374 e. The Balaban J connectivity index is 1.50. The molecule has 1 unspecified atom stereocenters. The lowest BCUT2D eigenvalue weighted by Crippen LogP contribution is -2.36. The molecule has 4 rings (SSSR count). The number of pyridine rings is 1. The van der Waals surface area contributed by atoms with E-state index in [1.54, 1.807) is 60.4 Å². The standard InChI is InChI=1S/C26H22ClN5O3/c1-3-17-4-11-23(29-15-17)31-26(35)21-14-20(27)9-10-22(21)30-25(34)19-7-5-18(6-8-19)24-28-12-13-32(24)16(2)33/h1,4-11,14-16,33H,12-13H2,2H3,(H,30,34)(H,29,31,35). The van der Waals surface area contributed by atoms with Crippen LogP contribution in [-0.4, -0.2) is 52.0 Å². The summed E-state index contributed by atoms with van der Waals surface area (Å²) >= 11 is 6.11. The molecule has 2 heterocycles. The molecule has 3 N–H and O–H groups in total. The van der Waals surface area contributed by atoms with Crippen LogP contribution in [0.5, 0.6) is 0 Å². The van der Waals surface area contributed by atoms with Crippen LogP contribution in [0.3, 0.4) is 0 Å². The summed E-state index contributed by atoms with van der Waals surface area (Å²) in [6, 6.07) is 14.7. The third-order valence-corrected chi connectivity index (χ3v) is 5.61. The van der Waals surface area contributed by atoms with Crippen molar-refractivity contribution in [2.75, 3.05) is 23.7 Å². The summed E-state index contributed by atoms with van der Waals surface area (Å²) in [5, 5.41) is 15.7. The van der Waals surface area contributed by atoms with Gasteiger partial charge >= 0.3 is 0 Å². The summed E-state index contributed by atoms with van der Waals surface area (Å²) < 4.78 is 0. The fraction of sp³-hybridized carbons (Fsp3) is 0.154. The zero-order valence-electron chi connectivity index (χ0n) is 18.8. The minimum absolute atomic E-state index is 0.179. The first-order valence-corrected chi connectivity index (χ1v) is 11.2. The van der Waals surface area contributed by atoms with E-state index in [1.165, 1.54) is 12.3 Å². The second-order valence-corrected chi connectivity index (χ2v) is 8.22. The number of carbonyl (C=O) groups excluding carboxylic acids is 2. The normalized spacial score (nSPS) is 13.5. The number of aliphatic imine (C=N–C) groups is 1. The molecular weight excluding hydrogens is 466 g/mol. The molecule has 0 aliphatic carbocycles. The molecule has 0 bridgehead atoms. The summed E-state index contributed by atoms with van der Waals surface area (Å²) in [6.45, 7) is 2.93. The van der Waals surface area contributed by atoms with Crippen LogP contribution in [0.1, 0.15) is 38.8 Å². The number of amides is 2. The van der Waals surface area contributed by atoms with Crippen molar-refractivity contribution in [3.05, 3.63) is 88.1 Å². The summed E-state index contributed by atoms with van der Waals surface area (Å²) in [6.07, 6.45) is 6.15. The average molecular weight is 488 g/mol. The van der Waals surface area contributed by atoms with Gasteiger partial charge in [-0.05, 0) is 49.4 Å². The first kappa shape index (κ1) is 24.0. The van der Waals surface area contributed by atoms with Gasteiger partial charge in [0.25, 0.3) is 11.8 Å². The Labute approximate surface area is 207 Å². The number of amidine groups is 1. The number of nitrogens with one attached hydrogen (secondary N) is 2. The van der Waals surface area contributed by atoms with Crippen LogP contribution in [0.2, 0.25) is 5.02 Å². The monoisotopic (exact) mass is 487 g/mol. The SMILES string of the molecule is C#Cc1ccc(NC(=O)c2cc(Cl)ccc2NC(=O)c2ccc(C3=NCCN3C(C)O)cc2)nc1. The van der Waals surface area contributed by atoms with E-state index in [0.717, 1.165) is 5.56 Å². The van der Waals surface area contributed by atoms with Crippen molar-refractivity contribution in [1.82, 2.24) is 9.88 Å². The first-order valence-electron chi connectivity index (χ1n) is 10.8. The number of nitrogens with zero attached hydrogens (tertiary/aromatic N) is 3. The van der Waals surface area contributed by atoms with Crippen LogP contribution in [0.4, 0.5) is 11.5 Å². The maximum absolute atomic E-state index is 12.9. The quantitative estimate of drug-likeness (QED) is 0.460. The lowest BCUT2D eigenvalue weighted by Gasteiger charge is -2.23. The maximum atomic E-state index is 12.9. The van der Waals surface area contributed by atoms with Crippen molar-refractivity contribution in [3.63, 3.8) is 0 Å². The molecule has 0 fully saturated rings. The number of aliphatic hydroxyl groups excluding tert-OH is 1. The van der Waals surface area contributed by atoms with Crippen molar-refractivity contribution in [3.8, 4) is 12.3 Å². The number of carbonyl (C=O) groups is 2. The molecule has 2 aromatic carbocycles. The minimum atomic E-state index is -0.654. The van der Waals surface area contributed by atoms with Crippen LogP contribution >= 0.6 is 11.6 Å². The lowest BCUT2D eigenvalue weighted by molar-refractivity contribution is 0.0784. The number of terminal acetylenes is 1. The molecule has 0 saturated carbocycles. The van der Waals surface area contributed by atoms with Crippen molar-refractivity contribution in [1.29, 1.82) is 0 Å². The number of aromatic nitrogens is 1. The van der Waals surface area contributed by atoms with E-state index in [4.69, 9.17) is 18.0 Å². The number of anilines is 2. The third kappa shape index (κ3) is 5.49. The average Bonchev–Trinajstić information content (AvgIpc) is 3.36. The van der Waals surface area contributed by atoms with Gasteiger partial charge in [0.15, 0.2) is 0 Å². The second kappa shape index (κ2) is 10.4. The lowest BCUT2D eigenvalue weighted by atomic mass is 10.1. The Morgan fingerprint density at radius 1 is 1.11 bits per heavy atom. The van der Waals surface area contributed by atoms with E-state index in [0.29, 0.717) is 46.6 Å². The summed E-state index contributed by atoms with van der Waals surface area (Å²) in [4.78, 5) is 36.2. The van der Waals surface area contributed by atoms with Gasteiger partial charge in [0.05, 0.1) is 17.8 Å². The van der Waals surface area contributed by atoms with Crippen molar-refractivity contribution in [2.45, 2.75) is 13.2 Å². The molecule has 1 aliphatic heterocycles. The Morgan fingerprint density at radius 2 is 1.89 bits per heavy atom. The predicted molar refractivity (Wildman–Crippen MR) is 136 cm³/mol. The molecule has 0 spiro atoms. The van der Waals surface area contributed by atoms with Gasteiger partial charge in [-0.1, -0.05) is 29.7 Å².